The molecule has 3 fully saturated rings. The lowest BCUT2D eigenvalue weighted by molar-refractivity contribution is -0.0939. The fraction of sp³-hybridized carbons (Fsp3) is 0.611. The van der Waals surface area contributed by atoms with E-state index in [0.717, 1.165) is 50.7 Å². The molecule has 1 aliphatic carbocycles. The lowest BCUT2D eigenvalue weighted by Crippen LogP contribution is -2.54. The quantitative estimate of drug-likeness (QED) is 0.405. The van der Waals surface area contributed by atoms with Crippen molar-refractivity contribution < 1.29 is 4.74 Å². The third-order valence-electron chi connectivity index (χ3n) is 5.55. The second-order valence-electron chi connectivity index (χ2n) is 6.96. The molecule has 138 valence electrons. The Morgan fingerprint density at radius 1 is 1.16 bits per heavy atom. The number of guanidine groups is 1. The van der Waals surface area contributed by atoms with E-state index in [2.05, 4.69) is 21.9 Å². The Morgan fingerprint density at radius 3 is 2.56 bits per heavy atom. The SMILES string of the molecule is I.NC(=NC1CC2OCCCC12)N1CCN(c2ccc(Cl)cc2)CC1. The number of hydrogen-bond acceptors (Lipinski definition) is 3. The van der Waals surface area contributed by atoms with Crippen LogP contribution in [0.5, 0.6) is 0 Å². The molecule has 4 rings (SSSR count). The summed E-state index contributed by atoms with van der Waals surface area (Å²) in [5.74, 6) is 1.30. The zero-order valence-electron chi connectivity index (χ0n) is 14.3. The molecule has 0 spiro atoms. The van der Waals surface area contributed by atoms with Crippen molar-refractivity contribution in [2.75, 3.05) is 37.7 Å². The fourth-order valence-electron chi connectivity index (χ4n) is 4.01. The maximum atomic E-state index is 6.28. The van der Waals surface area contributed by atoms with Gasteiger partial charge in [0.15, 0.2) is 5.96 Å². The lowest BCUT2D eigenvalue weighted by atomic mass is 9.73. The minimum atomic E-state index is 0. The van der Waals surface area contributed by atoms with Gasteiger partial charge in [-0.1, -0.05) is 11.6 Å². The molecule has 2 heterocycles. The highest BCUT2D eigenvalue weighted by Gasteiger charge is 2.43. The highest BCUT2D eigenvalue weighted by molar-refractivity contribution is 14.0. The molecule has 0 aromatic heterocycles. The molecule has 2 aliphatic heterocycles. The molecule has 2 saturated heterocycles. The van der Waals surface area contributed by atoms with E-state index in [4.69, 9.17) is 27.1 Å². The van der Waals surface area contributed by atoms with Gasteiger partial charge in [-0.3, -0.25) is 0 Å². The minimum Gasteiger partial charge on any atom is -0.378 e. The number of aliphatic imine (C=N–C) groups is 1. The second kappa shape index (κ2) is 8.31. The average molecular weight is 477 g/mol. The molecule has 3 unspecified atom stereocenters. The Labute approximate surface area is 171 Å². The maximum absolute atomic E-state index is 6.28. The number of rotatable bonds is 2. The smallest absolute Gasteiger partial charge is 0.191 e. The predicted octanol–water partition coefficient (Wildman–Crippen LogP) is 2.96. The number of nitrogens with two attached hydrogens (primary N) is 1. The van der Waals surface area contributed by atoms with E-state index in [1.165, 1.54) is 12.1 Å². The number of halogens is 2. The van der Waals surface area contributed by atoms with Crippen molar-refractivity contribution in [2.45, 2.75) is 31.4 Å². The first-order valence-corrected chi connectivity index (χ1v) is 9.29. The fourth-order valence-corrected chi connectivity index (χ4v) is 4.13. The highest BCUT2D eigenvalue weighted by atomic mass is 127. The minimum absolute atomic E-state index is 0. The first-order valence-electron chi connectivity index (χ1n) is 8.91. The van der Waals surface area contributed by atoms with E-state index in [9.17, 15) is 0 Å². The molecule has 1 aromatic carbocycles. The summed E-state index contributed by atoms with van der Waals surface area (Å²) in [5, 5.41) is 0.777. The zero-order chi connectivity index (χ0) is 16.5. The average Bonchev–Trinajstić information content (AvgIpc) is 2.60. The summed E-state index contributed by atoms with van der Waals surface area (Å²) < 4.78 is 5.77. The third kappa shape index (κ3) is 4.17. The molecule has 1 aromatic rings. The van der Waals surface area contributed by atoms with Crippen molar-refractivity contribution in [1.29, 1.82) is 0 Å². The number of fused-ring (bicyclic) bond motifs is 1. The topological polar surface area (TPSA) is 54.1 Å². The molecule has 1 saturated carbocycles. The van der Waals surface area contributed by atoms with Gasteiger partial charge < -0.3 is 20.3 Å². The molecule has 3 atom stereocenters. The van der Waals surface area contributed by atoms with Gasteiger partial charge in [0.05, 0.1) is 12.1 Å². The molecule has 0 radical (unpaired) electrons. The van der Waals surface area contributed by atoms with Gasteiger partial charge in [-0.2, -0.15) is 0 Å². The van der Waals surface area contributed by atoms with Gasteiger partial charge in [0.25, 0.3) is 0 Å². The summed E-state index contributed by atoms with van der Waals surface area (Å²) in [7, 11) is 0. The highest BCUT2D eigenvalue weighted by Crippen LogP contribution is 2.39. The molecule has 3 aliphatic rings. The van der Waals surface area contributed by atoms with E-state index < -0.39 is 0 Å². The van der Waals surface area contributed by atoms with Gasteiger partial charge in [0, 0.05) is 49.4 Å². The Kier molecular flexibility index (Phi) is 6.33. The predicted molar refractivity (Wildman–Crippen MR) is 113 cm³/mol. The van der Waals surface area contributed by atoms with E-state index in [1.807, 2.05) is 12.1 Å². The second-order valence-corrected chi connectivity index (χ2v) is 7.39. The van der Waals surface area contributed by atoms with Gasteiger partial charge in [0.2, 0.25) is 0 Å². The molecular weight excluding hydrogens is 451 g/mol. The van der Waals surface area contributed by atoms with Crippen molar-refractivity contribution in [3.63, 3.8) is 0 Å². The third-order valence-corrected chi connectivity index (χ3v) is 5.80. The monoisotopic (exact) mass is 476 g/mol. The number of hydrogen-bond donors (Lipinski definition) is 1. The van der Waals surface area contributed by atoms with E-state index in [-0.39, 0.29) is 24.0 Å². The first kappa shape index (κ1) is 19.0. The van der Waals surface area contributed by atoms with Crippen LogP contribution in [0.2, 0.25) is 5.02 Å². The van der Waals surface area contributed by atoms with Crippen molar-refractivity contribution in [1.82, 2.24) is 4.90 Å². The number of benzene rings is 1. The normalized spacial score (nSPS) is 29.5. The summed E-state index contributed by atoms with van der Waals surface area (Å²) >= 11 is 5.96. The van der Waals surface area contributed by atoms with Crippen LogP contribution < -0.4 is 10.6 Å². The van der Waals surface area contributed by atoms with E-state index in [1.54, 1.807) is 0 Å². The summed E-state index contributed by atoms with van der Waals surface area (Å²) in [5.41, 5.74) is 7.50. The van der Waals surface area contributed by atoms with Crippen LogP contribution in [0.25, 0.3) is 0 Å². The summed E-state index contributed by atoms with van der Waals surface area (Å²) in [4.78, 5) is 9.39. The largest absolute Gasteiger partial charge is 0.378 e. The molecule has 2 N–H and O–H groups in total. The maximum Gasteiger partial charge on any atom is 0.191 e. The Morgan fingerprint density at radius 2 is 1.88 bits per heavy atom. The summed E-state index contributed by atoms with van der Waals surface area (Å²) in [6, 6.07) is 8.40. The number of nitrogens with zero attached hydrogens (tertiary/aromatic N) is 3. The van der Waals surface area contributed by atoms with E-state index >= 15 is 0 Å². The van der Waals surface area contributed by atoms with Crippen molar-refractivity contribution in [2.24, 2.45) is 16.6 Å². The Balaban J connectivity index is 0.00000182. The van der Waals surface area contributed by atoms with Crippen molar-refractivity contribution in [3.05, 3.63) is 29.3 Å². The molecule has 7 heteroatoms. The molecule has 0 amide bonds. The molecule has 25 heavy (non-hydrogen) atoms. The van der Waals surface area contributed by atoms with Crippen LogP contribution in [-0.2, 0) is 4.74 Å². The Hall–Kier alpha value is -0.730. The van der Waals surface area contributed by atoms with Gasteiger partial charge in [0.1, 0.15) is 0 Å². The van der Waals surface area contributed by atoms with Crippen LogP contribution in [-0.4, -0.2) is 55.8 Å². The first-order chi connectivity index (χ1) is 11.7. The lowest BCUT2D eigenvalue weighted by Gasteiger charge is -2.46. The number of piperazine rings is 1. The van der Waals surface area contributed by atoms with Crippen LogP contribution in [0, 0.1) is 5.92 Å². The standard InChI is InChI=1S/C18H25ClN4O.HI/c19-13-3-5-14(6-4-13)22-7-9-23(10-8-22)18(20)21-16-12-17-15(16)2-1-11-24-17;/h3-6,15-17H,1-2,7-12H2,(H2,20,21);1H. The van der Waals surface area contributed by atoms with Gasteiger partial charge >= 0.3 is 0 Å². The number of anilines is 1. The van der Waals surface area contributed by atoms with Crippen molar-refractivity contribution >= 4 is 47.2 Å². The molecular formula is C18H26ClIN4O. The Bertz CT molecular complexity index is 604. The molecule has 5 nitrogen and oxygen atoms in total. The summed E-state index contributed by atoms with van der Waals surface area (Å²) in [6.07, 6.45) is 3.86. The van der Waals surface area contributed by atoms with Crippen LogP contribution in [0.15, 0.2) is 29.3 Å². The van der Waals surface area contributed by atoms with Gasteiger partial charge in [-0.15, -0.1) is 24.0 Å². The van der Waals surface area contributed by atoms with Crippen LogP contribution in [0.1, 0.15) is 19.3 Å². The summed E-state index contributed by atoms with van der Waals surface area (Å²) in [6.45, 7) is 4.65. The number of ether oxygens (including phenoxy) is 1. The van der Waals surface area contributed by atoms with E-state index in [0.29, 0.717) is 24.0 Å². The van der Waals surface area contributed by atoms with Crippen LogP contribution >= 0.6 is 35.6 Å². The van der Waals surface area contributed by atoms with Gasteiger partial charge in [-0.05, 0) is 43.5 Å². The van der Waals surface area contributed by atoms with Crippen LogP contribution in [0.4, 0.5) is 5.69 Å². The van der Waals surface area contributed by atoms with Crippen molar-refractivity contribution in [3.8, 4) is 0 Å². The van der Waals surface area contributed by atoms with Crippen LogP contribution in [0.3, 0.4) is 0 Å². The molecule has 0 bridgehead atoms. The zero-order valence-corrected chi connectivity index (χ0v) is 17.4. The van der Waals surface area contributed by atoms with Gasteiger partial charge in [-0.25, -0.2) is 4.99 Å².